The fourth-order valence-electron chi connectivity index (χ4n) is 2.67. The van der Waals surface area contributed by atoms with Gasteiger partial charge in [-0.05, 0) is 48.9 Å². The van der Waals surface area contributed by atoms with Gasteiger partial charge in [0.2, 0.25) is 5.89 Å². The highest BCUT2D eigenvalue weighted by molar-refractivity contribution is 5.55. The number of halogens is 1. The normalized spacial score (nSPS) is 12.3. The fraction of sp³-hybridized carbons (Fsp3) is 0.238. The highest BCUT2D eigenvalue weighted by Gasteiger charge is 2.15. The Morgan fingerprint density at radius 3 is 2.69 bits per heavy atom. The lowest BCUT2D eigenvalue weighted by Gasteiger charge is -2.14. The van der Waals surface area contributed by atoms with E-state index < -0.39 is 17.7 Å². The summed E-state index contributed by atoms with van der Waals surface area (Å²) in [5.41, 5.74) is 1.42. The zero-order valence-electron chi connectivity index (χ0n) is 16.0. The van der Waals surface area contributed by atoms with Crippen molar-refractivity contribution < 1.29 is 23.4 Å². The first-order valence-electron chi connectivity index (χ1n) is 8.95. The maximum atomic E-state index is 13.0. The summed E-state index contributed by atoms with van der Waals surface area (Å²) in [6, 6.07) is 10.8. The Bertz CT molecular complexity index is 1040. The number of nitrogens with zero attached hydrogens (tertiary/aromatic N) is 2. The number of aliphatic hydroxyl groups excluding tert-OH is 1. The number of allylic oxidation sites excluding steroid dienone is 1. The molecule has 1 N–H and O–H groups in total. The Hall–Kier alpha value is -3.39. The first-order chi connectivity index (χ1) is 14.0. The van der Waals surface area contributed by atoms with E-state index in [0.29, 0.717) is 17.1 Å². The summed E-state index contributed by atoms with van der Waals surface area (Å²) in [5, 5.41) is 14.3. The zero-order chi connectivity index (χ0) is 20.8. The van der Waals surface area contributed by atoms with E-state index in [0.717, 1.165) is 10.2 Å². The van der Waals surface area contributed by atoms with Gasteiger partial charge in [-0.15, -0.1) is 5.10 Å². The van der Waals surface area contributed by atoms with Gasteiger partial charge in [-0.2, -0.15) is 4.68 Å². The van der Waals surface area contributed by atoms with Gasteiger partial charge in [0.05, 0.1) is 13.7 Å². The molecule has 8 heteroatoms. The smallest absolute Gasteiger partial charge is 0.437 e. The summed E-state index contributed by atoms with van der Waals surface area (Å²) in [5.74, 6) is -0.0809. The number of rotatable bonds is 8. The van der Waals surface area contributed by atoms with E-state index in [1.165, 1.54) is 31.4 Å². The van der Waals surface area contributed by atoms with E-state index in [4.69, 9.17) is 13.9 Å². The highest BCUT2D eigenvalue weighted by Crippen LogP contribution is 2.28. The molecule has 0 saturated carbocycles. The Balaban J connectivity index is 1.65. The predicted molar refractivity (Wildman–Crippen MR) is 105 cm³/mol. The minimum atomic E-state index is -1.02. The van der Waals surface area contributed by atoms with Crippen LogP contribution < -0.4 is 15.2 Å². The van der Waals surface area contributed by atoms with Crippen LogP contribution in [0.4, 0.5) is 4.39 Å². The van der Waals surface area contributed by atoms with Crippen molar-refractivity contribution in [1.29, 1.82) is 0 Å². The van der Waals surface area contributed by atoms with Crippen LogP contribution >= 0.6 is 0 Å². The molecule has 0 saturated heterocycles. The lowest BCUT2D eigenvalue weighted by Crippen LogP contribution is -2.29. The summed E-state index contributed by atoms with van der Waals surface area (Å²) in [6.07, 6.45) is 2.82. The molecule has 1 unspecified atom stereocenters. The third-order valence-corrected chi connectivity index (χ3v) is 4.06. The topological polar surface area (TPSA) is 86.7 Å². The molecule has 7 nitrogen and oxygen atoms in total. The van der Waals surface area contributed by atoms with Gasteiger partial charge in [-0.1, -0.05) is 18.2 Å². The molecule has 152 valence electrons. The number of hydrogen-bond acceptors (Lipinski definition) is 6. The van der Waals surface area contributed by atoms with Crippen LogP contribution in [0.1, 0.15) is 12.5 Å². The average Bonchev–Trinajstić information content (AvgIpc) is 3.07. The summed E-state index contributed by atoms with van der Waals surface area (Å²) < 4.78 is 30.0. The second-order valence-electron chi connectivity index (χ2n) is 6.24. The van der Waals surface area contributed by atoms with Crippen molar-refractivity contribution in [3.8, 4) is 23.0 Å². The Morgan fingerprint density at radius 1 is 1.24 bits per heavy atom. The van der Waals surface area contributed by atoms with Gasteiger partial charge in [0.1, 0.15) is 18.5 Å². The number of ether oxygens (including phenoxy) is 2. The van der Waals surface area contributed by atoms with Crippen LogP contribution in [0.3, 0.4) is 0 Å². The van der Waals surface area contributed by atoms with Crippen LogP contribution in [-0.4, -0.2) is 34.7 Å². The maximum Gasteiger partial charge on any atom is 0.437 e. The highest BCUT2D eigenvalue weighted by atomic mass is 19.1. The minimum absolute atomic E-state index is 0.0457. The van der Waals surface area contributed by atoms with Crippen LogP contribution in [-0.2, 0) is 6.54 Å². The molecule has 1 heterocycles. The van der Waals surface area contributed by atoms with Crippen LogP contribution in [0.2, 0.25) is 0 Å². The van der Waals surface area contributed by atoms with E-state index in [1.807, 2.05) is 31.2 Å². The largest absolute Gasteiger partial charge is 0.493 e. The van der Waals surface area contributed by atoms with Gasteiger partial charge in [0.15, 0.2) is 11.5 Å². The van der Waals surface area contributed by atoms with Gasteiger partial charge in [0, 0.05) is 5.56 Å². The molecule has 29 heavy (non-hydrogen) atoms. The molecular formula is C21H21FN2O5. The maximum absolute atomic E-state index is 13.0. The van der Waals surface area contributed by atoms with Crippen LogP contribution in [0.25, 0.3) is 17.5 Å². The van der Waals surface area contributed by atoms with Crippen molar-refractivity contribution in [2.45, 2.75) is 19.6 Å². The zero-order valence-corrected chi connectivity index (χ0v) is 16.0. The lowest BCUT2D eigenvalue weighted by atomic mass is 10.2. The SMILES string of the molecule is C/C=C/c1ccc(OCC(O)Cn2nc(-c3ccc(F)cc3)oc2=O)c(OC)c1. The lowest BCUT2D eigenvalue weighted by molar-refractivity contribution is 0.0861. The molecule has 0 aliphatic heterocycles. The minimum Gasteiger partial charge on any atom is -0.493 e. The molecule has 2 aromatic carbocycles. The van der Waals surface area contributed by atoms with Crippen molar-refractivity contribution in [3.63, 3.8) is 0 Å². The molecule has 0 bridgehead atoms. The number of aliphatic hydroxyl groups is 1. The standard InChI is InChI=1S/C21H21FN2O5/c1-3-4-14-5-10-18(19(11-14)27-2)28-13-17(25)12-24-21(26)29-20(23-24)15-6-8-16(22)9-7-15/h3-11,17,25H,12-13H2,1-2H3/b4-3+. The van der Waals surface area contributed by atoms with Crippen molar-refractivity contribution in [3.05, 3.63) is 70.5 Å². The van der Waals surface area contributed by atoms with E-state index in [1.54, 1.807) is 6.07 Å². The number of benzene rings is 2. The third kappa shape index (κ3) is 5.11. The van der Waals surface area contributed by atoms with Crippen LogP contribution in [0.15, 0.2) is 57.8 Å². The quantitative estimate of drug-likeness (QED) is 0.625. The number of aromatic nitrogens is 2. The van der Waals surface area contributed by atoms with Crippen molar-refractivity contribution >= 4 is 6.08 Å². The van der Waals surface area contributed by atoms with Gasteiger partial charge >= 0.3 is 5.76 Å². The monoisotopic (exact) mass is 400 g/mol. The second-order valence-corrected chi connectivity index (χ2v) is 6.24. The molecule has 3 rings (SSSR count). The van der Waals surface area contributed by atoms with Crippen LogP contribution in [0.5, 0.6) is 11.5 Å². The molecule has 0 spiro atoms. The first kappa shape index (κ1) is 20.3. The van der Waals surface area contributed by atoms with Crippen molar-refractivity contribution in [1.82, 2.24) is 9.78 Å². The van der Waals surface area contributed by atoms with Gasteiger partial charge in [-0.25, -0.2) is 9.18 Å². The molecule has 0 fully saturated rings. The summed E-state index contributed by atoms with van der Waals surface area (Å²) in [7, 11) is 1.53. The molecule has 0 amide bonds. The molecule has 0 radical (unpaired) electrons. The first-order valence-corrected chi connectivity index (χ1v) is 8.95. The summed E-state index contributed by atoms with van der Waals surface area (Å²) >= 11 is 0. The molecule has 0 aliphatic rings. The van der Waals surface area contributed by atoms with E-state index in [-0.39, 0.29) is 19.0 Å². The van der Waals surface area contributed by atoms with Crippen molar-refractivity contribution in [2.75, 3.05) is 13.7 Å². The van der Waals surface area contributed by atoms with E-state index in [9.17, 15) is 14.3 Å². The molecule has 1 aromatic heterocycles. The molecular weight excluding hydrogens is 379 g/mol. The van der Waals surface area contributed by atoms with Gasteiger partial charge < -0.3 is 19.0 Å². The summed E-state index contributed by atoms with van der Waals surface area (Å²) in [6.45, 7) is 1.72. The predicted octanol–water partition coefficient (Wildman–Crippen LogP) is 3.12. The van der Waals surface area contributed by atoms with E-state index in [2.05, 4.69) is 5.10 Å². The third-order valence-electron chi connectivity index (χ3n) is 4.06. The van der Waals surface area contributed by atoms with Gasteiger partial charge in [-0.3, -0.25) is 0 Å². The van der Waals surface area contributed by atoms with E-state index >= 15 is 0 Å². The van der Waals surface area contributed by atoms with Gasteiger partial charge in [0.25, 0.3) is 0 Å². The molecule has 1 atom stereocenters. The number of methoxy groups -OCH3 is 1. The Kier molecular flexibility index (Phi) is 6.46. The second kappa shape index (κ2) is 9.20. The summed E-state index contributed by atoms with van der Waals surface area (Å²) in [4.78, 5) is 12.0. The molecule has 0 aliphatic carbocycles. The Labute approximate surface area is 166 Å². The number of hydrogen-bond donors (Lipinski definition) is 1. The fourth-order valence-corrected chi connectivity index (χ4v) is 2.67. The Morgan fingerprint density at radius 2 is 2.00 bits per heavy atom. The van der Waals surface area contributed by atoms with Crippen LogP contribution in [0, 0.1) is 5.82 Å². The van der Waals surface area contributed by atoms with Crippen molar-refractivity contribution in [2.24, 2.45) is 0 Å². The molecule has 3 aromatic rings. The average molecular weight is 400 g/mol.